The Morgan fingerprint density at radius 1 is 1.77 bits per heavy atom. The van der Waals surface area contributed by atoms with E-state index in [1.807, 2.05) is 0 Å². The van der Waals surface area contributed by atoms with Gasteiger partial charge >= 0.3 is 0 Å². The van der Waals surface area contributed by atoms with Crippen LogP contribution in [0.5, 0.6) is 0 Å². The van der Waals surface area contributed by atoms with Gasteiger partial charge in [0.1, 0.15) is 6.79 Å². The van der Waals surface area contributed by atoms with Crippen LogP contribution in [0.3, 0.4) is 0 Å². The summed E-state index contributed by atoms with van der Waals surface area (Å²) in [6.45, 7) is 3.86. The molecule has 1 aliphatic rings. The number of hydrogen-bond acceptors (Lipinski definition) is 3. The summed E-state index contributed by atoms with van der Waals surface area (Å²) in [6.07, 6.45) is 2.85. The van der Waals surface area contributed by atoms with Crippen molar-refractivity contribution in [3.05, 3.63) is 12.7 Å². The van der Waals surface area contributed by atoms with Crippen molar-refractivity contribution >= 4 is 5.91 Å². The molecule has 13 heavy (non-hydrogen) atoms. The van der Waals surface area contributed by atoms with E-state index in [9.17, 15) is 4.79 Å². The van der Waals surface area contributed by atoms with E-state index in [2.05, 4.69) is 11.9 Å². The molecule has 0 aromatic heterocycles. The van der Waals surface area contributed by atoms with Gasteiger partial charge in [-0.1, -0.05) is 6.08 Å². The molecule has 1 saturated heterocycles. The van der Waals surface area contributed by atoms with E-state index in [-0.39, 0.29) is 24.8 Å². The second-order valence-electron chi connectivity index (χ2n) is 3.01. The van der Waals surface area contributed by atoms with Crippen LogP contribution in [-0.4, -0.2) is 32.0 Å². The lowest BCUT2D eigenvalue weighted by Crippen LogP contribution is -2.32. The Bertz CT molecular complexity index is 193. The molecule has 0 unspecified atom stereocenters. The van der Waals surface area contributed by atoms with Crippen LogP contribution in [0.4, 0.5) is 0 Å². The number of hydrogen-bond donors (Lipinski definition) is 1. The Kier molecular flexibility index (Phi) is 3.92. The van der Waals surface area contributed by atoms with Crippen LogP contribution in [0.1, 0.15) is 12.8 Å². The molecule has 0 bridgehead atoms. The van der Waals surface area contributed by atoms with Crippen LogP contribution in [-0.2, 0) is 14.3 Å². The highest BCUT2D eigenvalue weighted by Gasteiger charge is 2.31. The minimum atomic E-state index is -0.0783. The highest BCUT2D eigenvalue weighted by atomic mass is 16.7. The number of nitrogens with one attached hydrogen (secondary N) is 1. The number of ether oxygens (including phenoxy) is 2. The molecule has 1 amide bonds. The van der Waals surface area contributed by atoms with E-state index in [1.165, 1.54) is 0 Å². The Balaban J connectivity index is 2.40. The molecule has 1 heterocycles. The van der Waals surface area contributed by atoms with Crippen molar-refractivity contribution in [2.75, 3.05) is 13.9 Å². The lowest BCUT2D eigenvalue weighted by Gasteiger charge is -2.16. The fraction of sp³-hybridized carbons (Fsp3) is 0.667. The van der Waals surface area contributed by atoms with Crippen molar-refractivity contribution in [2.24, 2.45) is 0 Å². The molecular weight excluding hydrogens is 170 g/mol. The number of methoxy groups -OCH3 is 1. The second kappa shape index (κ2) is 4.99. The van der Waals surface area contributed by atoms with Crippen LogP contribution >= 0.6 is 0 Å². The zero-order valence-corrected chi connectivity index (χ0v) is 7.79. The minimum absolute atomic E-state index is 0.0351. The predicted octanol–water partition coefficient (Wildman–Crippen LogP) is 0.440. The molecule has 1 N–H and O–H groups in total. The van der Waals surface area contributed by atoms with Crippen molar-refractivity contribution in [1.82, 2.24) is 5.32 Å². The van der Waals surface area contributed by atoms with Gasteiger partial charge in [-0.15, -0.1) is 6.58 Å². The first-order valence-electron chi connectivity index (χ1n) is 4.28. The van der Waals surface area contributed by atoms with Crippen LogP contribution in [0, 0.1) is 0 Å². The largest absolute Gasteiger partial charge is 0.359 e. The second-order valence-corrected chi connectivity index (χ2v) is 3.01. The quantitative estimate of drug-likeness (QED) is 0.499. The zero-order valence-electron chi connectivity index (χ0n) is 7.79. The summed E-state index contributed by atoms with van der Waals surface area (Å²) >= 11 is 0. The van der Waals surface area contributed by atoms with Gasteiger partial charge in [-0.25, -0.2) is 0 Å². The standard InChI is InChI=1S/C9H15NO3/c1-3-4-7-8(13-6-12-2)5-9(11)10-7/h3,7-8H,1,4-6H2,2H3,(H,10,11)/t7-,8-/m0/s1. The lowest BCUT2D eigenvalue weighted by molar-refractivity contribution is -0.120. The van der Waals surface area contributed by atoms with Crippen molar-refractivity contribution in [1.29, 1.82) is 0 Å². The van der Waals surface area contributed by atoms with Crippen molar-refractivity contribution in [3.8, 4) is 0 Å². The topological polar surface area (TPSA) is 47.6 Å². The number of carbonyl (C=O) groups is 1. The summed E-state index contributed by atoms with van der Waals surface area (Å²) in [5, 5.41) is 2.82. The smallest absolute Gasteiger partial charge is 0.223 e. The summed E-state index contributed by atoms with van der Waals surface area (Å²) in [7, 11) is 1.56. The van der Waals surface area contributed by atoms with Crippen LogP contribution in [0.25, 0.3) is 0 Å². The third-order valence-corrected chi connectivity index (χ3v) is 2.00. The molecule has 0 aromatic carbocycles. The molecule has 4 nitrogen and oxygen atoms in total. The average molecular weight is 185 g/mol. The van der Waals surface area contributed by atoms with Gasteiger partial charge in [-0.3, -0.25) is 4.79 Å². The summed E-state index contributed by atoms with van der Waals surface area (Å²) in [4.78, 5) is 11.0. The van der Waals surface area contributed by atoms with Crippen LogP contribution in [0.2, 0.25) is 0 Å². The first kappa shape index (κ1) is 10.2. The molecule has 74 valence electrons. The molecule has 4 heteroatoms. The minimum Gasteiger partial charge on any atom is -0.359 e. The first-order chi connectivity index (χ1) is 6.27. The number of amides is 1. The van der Waals surface area contributed by atoms with Gasteiger partial charge in [0.2, 0.25) is 5.91 Å². The Morgan fingerprint density at radius 2 is 2.54 bits per heavy atom. The molecular formula is C9H15NO3. The van der Waals surface area contributed by atoms with E-state index in [0.717, 1.165) is 6.42 Å². The van der Waals surface area contributed by atoms with Gasteiger partial charge in [0, 0.05) is 7.11 Å². The van der Waals surface area contributed by atoms with E-state index < -0.39 is 0 Å². The van der Waals surface area contributed by atoms with Gasteiger partial charge in [-0.05, 0) is 6.42 Å². The SMILES string of the molecule is C=CC[C@@H]1NC(=O)C[C@@H]1OCOC. The number of rotatable bonds is 5. The van der Waals surface area contributed by atoms with Crippen LogP contribution in [0.15, 0.2) is 12.7 Å². The molecule has 2 atom stereocenters. The van der Waals surface area contributed by atoms with Gasteiger partial charge in [0.25, 0.3) is 0 Å². The number of carbonyl (C=O) groups excluding carboxylic acids is 1. The molecule has 1 fully saturated rings. The maximum Gasteiger partial charge on any atom is 0.223 e. The molecule has 0 saturated carbocycles. The summed E-state index contributed by atoms with van der Waals surface area (Å²) in [5.74, 6) is 0.0351. The predicted molar refractivity (Wildman–Crippen MR) is 48.1 cm³/mol. The third-order valence-electron chi connectivity index (χ3n) is 2.00. The molecule has 1 rings (SSSR count). The van der Waals surface area contributed by atoms with Crippen molar-refractivity contribution in [3.63, 3.8) is 0 Å². The van der Waals surface area contributed by atoms with Gasteiger partial charge in [-0.2, -0.15) is 0 Å². The maximum atomic E-state index is 11.0. The average Bonchev–Trinajstić information content (AvgIpc) is 2.44. The van der Waals surface area contributed by atoms with E-state index in [0.29, 0.717) is 6.42 Å². The summed E-state index contributed by atoms with van der Waals surface area (Å²) in [6, 6.07) is 0.0557. The summed E-state index contributed by atoms with van der Waals surface area (Å²) < 4.78 is 10.1. The Morgan fingerprint density at radius 3 is 3.15 bits per heavy atom. The lowest BCUT2D eigenvalue weighted by atomic mass is 10.1. The monoisotopic (exact) mass is 185 g/mol. The van der Waals surface area contributed by atoms with Crippen LogP contribution < -0.4 is 5.32 Å². The fourth-order valence-electron chi connectivity index (χ4n) is 1.40. The van der Waals surface area contributed by atoms with E-state index in [4.69, 9.17) is 9.47 Å². The van der Waals surface area contributed by atoms with Gasteiger partial charge in [0.05, 0.1) is 18.6 Å². The molecule has 0 aliphatic carbocycles. The normalized spacial score (nSPS) is 27.3. The van der Waals surface area contributed by atoms with Gasteiger partial charge < -0.3 is 14.8 Å². The van der Waals surface area contributed by atoms with Crippen molar-refractivity contribution < 1.29 is 14.3 Å². The molecule has 1 aliphatic heterocycles. The Hall–Kier alpha value is -0.870. The van der Waals surface area contributed by atoms with E-state index in [1.54, 1.807) is 13.2 Å². The highest BCUT2D eigenvalue weighted by molar-refractivity contribution is 5.79. The summed E-state index contributed by atoms with van der Waals surface area (Å²) in [5.41, 5.74) is 0. The molecule has 0 spiro atoms. The highest BCUT2D eigenvalue weighted by Crippen LogP contribution is 2.15. The van der Waals surface area contributed by atoms with E-state index >= 15 is 0 Å². The first-order valence-corrected chi connectivity index (χ1v) is 4.28. The molecule has 0 radical (unpaired) electrons. The van der Waals surface area contributed by atoms with Gasteiger partial charge in [0.15, 0.2) is 0 Å². The maximum absolute atomic E-state index is 11.0. The molecule has 0 aromatic rings. The Labute approximate surface area is 77.9 Å². The fourth-order valence-corrected chi connectivity index (χ4v) is 1.40. The third kappa shape index (κ3) is 2.82. The van der Waals surface area contributed by atoms with Crippen molar-refractivity contribution in [2.45, 2.75) is 25.0 Å². The zero-order chi connectivity index (χ0) is 9.68.